The van der Waals surface area contributed by atoms with Gasteiger partial charge in [0.25, 0.3) is 5.97 Å². The number of carboxylic acid groups (broad SMARTS) is 1. The predicted molar refractivity (Wildman–Crippen MR) is 143 cm³/mol. The van der Waals surface area contributed by atoms with E-state index in [1.807, 2.05) is 42.5 Å². The third-order valence-electron chi connectivity index (χ3n) is 5.89. The fourth-order valence-electron chi connectivity index (χ4n) is 3.96. The Morgan fingerprint density at radius 1 is 1.03 bits per heavy atom. The zero-order chi connectivity index (χ0) is 28.2. The quantitative estimate of drug-likeness (QED) is 0.475. The molecule has 206 valence electrons. The Hall–Kier alpha value is -4.47. The summed E-state index contributed by atoms with van der Waals surface area (Å²) in [5.74, 6) is -0.965. The highest BCUT2D eigenvalue weighted by Crippen LogP contribution is 2.24. The molecule has 1 unspecified atom stereocenters. The number of fused-ring (bicyclic) bond motifs is 10. The average molecular weight is 538 g/mol. The molecule has 2 heterocycles. The van der Waals surface area contributed by atoms with E-state index in [1.165, 1.54) is 0 Å². The van der Waals surface area contributed by atoms with Crippen LogP contribution in [-0.2, 0) is 32.0 Å². The molecule has 0 saturated heterocycles. The topological polar surface area (TPSA) is 134 Å². The lowest BCUT2D eigenvalue weighted by atomic mass is 10.0. The van der Waals surface area contributed by atoms with Crippen LogP contribution in [0.15, 0.2) is 72.1 Å². The van der Waals surface area contributed by atoms with Crippen LogP contribution in [0, 0.1) is 0 Å². The van der Waals surface area contributed by atoms with Crippen LogP contribution >= 0.6 is 0 Å². The predicted octanol–water partition coefficient (Wildman–Crippen LogP) is 3.35. The highest BCUT2D eigenvalue weighted by Gasteiger charge is 2.22. The van der Waals surface area contributed by atoms with E-state index < -0.39 is 23.8 Å². The molecule has 1 aliphatic carbocycles. The molecule has 3 amide bonds. The van der Waals surface area contributed by atoms with Gasteiger partial charge in [-0.1, -0.05) is 36.4 Å². The number of nitrogens with one attached hydrogen (secondary N) is 3. The number of benzene rings is 2. The largest absolute Gasteiger partial charge is 0.481 e. The number of allylic oxidation sites excluding steroid dienone is 2. The maximum atomic E-state index is 14.0. The minimum absolute atomic E-state index is 0.0372. The highest BCUT2D eigenvalue weighted by atomic mass is 19.1. The van der Waals surface area contributed by atoms with Crippen LogP contribution in [0.2, 0.25) is 0 Å². The molecule has 3 aliphatic rings. The first-order valence-corrected chi connectivity index (χ1v) is 12.6. The number of rotatable bonds is 3. The number of aliphatic carboxylic acids is 1. The van der Waals surface area contributed by atoms with Gasteiger partial charge in [-0.2, -0.15) is 0 Å². The van der Waals surface area contributed by atoms with Gasteiger partial charge in [0.15, 0.2) is 0 Å². The van der Waals surface area contributed by atoms with Crippen molar-refractivity contribution in [2.45, 2.75) is 45.1 Å². The van der Waals surface area contributed by atoms with E-state index in [1.54, 1.807) is 18.2 Å². The Balaban J connectivity index is 0.000000983. The molecule has 0 radical (unpaired) electrons. The number of ether oxygens (including phenoxy) is 1. The minimum atomic E-state index is -0.895. The Bertz CT molecular complexity index is 1250. The third kappa shape index (κ3) is 10.1. The van der Waals surface area contributed by atoms with Crippen LogP contribution in [0.3, 0.4) is 0 Å². The van der Waals surface area contributed by atoms with Gasteiger partial charge in [-0.3, -0.25) is 19.2 Å². The monoisotopic (exact) mass is 537 g/mol. The van der Waals surface area contributed by atoms with Crippen molar-refractivity contribution in [2.24, 2.45) is 0 Å². The molecule has 4 N–H and O–H groups in total. The molecule has 0 fully saturated rings. The molecule has 0 spiro atoms. The lowest BCUT2D eigenvalue weighted by Crippen LogP contribution is -2.50. The van der Waals surface area contributed by atoms with Crippen LogP contribution in [0.4, 0.5) is 4.39 Å². The maximum absolute atomic E-state index is 14.0. The van der Waals surface area contributed by atoms with Crippen LogP contribution in [0.25, 0.3) is 0 Å². The van der Waals surface area contributed by atoms with E-state index in [0.717, 1.165) is 18.1 Å². The minimum Gasteiger partial charge on any atom is -0.481 e. The summed E-state index contributed by atoms with van der Waals surface area (Å²) in [5, 5.41) is 15.4. The zero-order valence-corrected chi connectivity index (χ0v) is 21.7. The second-order valence-electron chi connectivity index (χ2n) is 9.10. The standard InChI is InChI=1S/C27H28FN3O4.C2H4O2/c28-23-7-2-1-5-20(23)16-30-27(34)24-15-19-8-11-21(12-9-19)35-22-6-3-4-18(14-22)10-13-25(32)29-17-26(33)31-24;1-2(3)4/h1,3-6,8-9,11-12,14,24H,2,7,10,13,15-17H2,(H,29,32)(H,30,34)(H,31,33);1H3,(H,3,4). The molecule has 2 aromatic rings. The van der Waals surface area contributed by atoms with Crippen molar-refractivity contribution in [3.63, 3.8) is 0 Å². The van der Waals surface area contributed by atoms with Crippen molar-refractivity contribution in [3.05, 3.63) is 83.2 Å². The van der Waals surface area contributed by atoms with Gasteiger partial charge in [-0.15, -0.1) is 0 Å². The molecule has 2 aromatic carbocycles. The van der Waals surface area contributed by atoms with Crippen molar-refractivity contribution >= 4 is 23.7 Å². The molecule has 9 nitrogen and oxygen atoms in total. The number of carboxylic acids is 1. The zero-order valence-electron chi connectivity index (χ0n) is 21.7. The summed E-state index contributed by atoms with van der Waals surface area (Å²) < 4.78 is 20.0. The lowest BCUT2D eigenvalue weighted by molar-refractivity contribution is -0.134. The molecular formula is C29H32FN3O6. The van der Waals surface area contributed by atoms with Crippen molar-refractivity contribution in [1.82, 2.24) is 16.0 Å². The number of carbonyl (C=O) groups is 4. The number of amides is 3. The number of aryl methyl sites for hydroxylation is 1. The van der Waals surface area contributed by atoms with E-state index in [-0.39, 0.29) is 37.7 Å². The number of hydrogen-bond acceptors (Lipinski definition) is 5. The van der Waals surface area contributed by atoms with Gasteiger partial charge in [-0.05, 0) is 48.2 Å². The van der Waals surface area contributed by atoms with E-state index in [9.17, 15) is 18.8 Å². The second kappa shape index (κ2) is 14.5. The third-order valence-corrected chi connectivity index (χ3v) is 5.89. The van der Waals surface area contributed by atoms with Crippen molar-refractivity contribution < 1.29 is 33.4 Å². The number of hydrogen-bond donors (Lipinski definition) is 4. The van der Waals surface area contributed by atoms with Gasteiger partial charge in [-0.25, -0.2) is 4.39 Å². The van der Waals surface area contributed by atoms with E-state index in [4.69, 9.17) is 14.6 Å². The molecule has 5 rings (SSSR count). The maximum Gasteiger partial charge on any atom is 0.300 e. The van der Waals surface area contributed by atoms with Gasteiger partial charge in [0, 0.05) is 38.3 Å². The highest BCUT2D eigenvalue weighted by molar-refractivity contribution is 5.90. The number of carbonyl (C=O) groups excluding carboxylic acids is 3. The summed E-state index contributed by atoms with van der Waals surface area (Å²) in [5.41, 5.74) is 2.18. The summed E-state index contributed by atoms with van der Waals surface area (Å²) >= 11 is 0. The van der Waals surface area contributed by atoms with Gasteiger partial charge >= 0.3 is 0 Å². The van der Waals surface area contributed by atoms with Crippen LogP contribution in [0.1, 0.15) is 37.3 Å². The van der Waals surface area contributed by atoms with Crippen molar-refractivity contribution in [3.8, 4) is 11.5 Å². The molecule has 4 bridgehead atoms. The van der Waals surface area contributed by atoms with E-state index in [0.29, 0.717) is 36.3 Å². The Morgan fingerprint density at radius 2 is 1.77 bits per heavy atom. The fraction of sp³-hybridized carbons (Fsp3) is 0.310. The first kappa shape index (κ1) is 29.1. The molecule has 0 aromatic heterocycles. The Kier molecular flexibility index (Phi) is 10.8. The first-order valence-electron chi connectivity index (χ1n) is 12.6. The first-order chi connectivity index (χ1) is 18.7. The fourth-order valence-corrected chi connectivity index (χ4v) is 3.96. The SMILES string of the molecule is CC(=O)O.O=C1CCc2cccc(c2)Oc2ccc(cc2)CC(C(=O)NCC2=C(F)CCC=C2)NC(=O)CN1. The second-order valence-corrected chi connectivity index (χ2v) is 9.10. The van der Waals surface area contributed by atoms with Crippen LogP contribution < -0.4 is 20.7 Å². The summed E-state index contributed by atoms with van der Waals surface area (Å²) in [7, 11) is 0. The van der Waals surface area contributed by atoms with Crippen molar-refractivity contribution in [2.75, 3.05) is 13.1 Å². The van der Waals surface area contributed by atoms with Gasteiger partial charge in [0.05, 0.1) is 6.54 Å². The van der Waals surface area contributed by atoms with Crippen molar-refractivity contribution in [1.29, 1.82) is 0 Å². The van der Waals surface area contributed by atoms with Gasteiger partial charge < -0.3 is 25.8 Å². The number of halogens is 1. The Morgan fingerprint density at radius 3 is 2.49 bits per heavy atom. The van der Waals surface area contributed by atoms with Crippen LogP contribution in [-0.4, -0.2) is 47.9 Å². The molecule has 0 saturated carbocycles. The molecular weight excluding hydrogens is 505 g/mol. The van der Waals surface area contributed by atoms with Gasteiger partial charge in [0.2, 0.25) is 17.7 Å². The lowest BCUT2D eigenvalue weighted by Gasteiger charge is -2.20. The normalized spacial score (nSPS) is 17.5. The van der Waals surface area contributed by atoms with Gasteiger partial charge in [0.1, 0.15) is 23.4 Å². The molecule has 1 atom stereocenters. The molecule has 10 heteroatoms. The smallest absolute Gasteiger partial charge is 0.300 e. The summed E-state index contributed by atoms with van der Waals surface area (Å²) in [6.07, 6.45) is 5.42. The summed E-state index contributed by atoms with van der Waals surface area (Å²) in [4.78, 5) is 46.7. The average Bonchev–Trinajstić information content (AvgIpc) is 2.90. The van der Waals surface area contributed by atoms with E-state index >= 15 is 0 Å². The van der Waals surface area contributed by atoms with Crippen LogP contribution in [0.5, 0.6) is 11.5 Å². The molecule has 39 heavy (non-hydrogen) atoms. The summed E-state index contributed by atoms with van der Waals surface area (Å²) in [6.45, 7) is 0.878. The Labute approximate surface area is 226 Å². The summed E-state index contributed by atoms with van der Waals surface area (Å²) in [6, 6.07) is 13.9. The van der Waals surface area contributed by atoms with E-state index in [2.05, 4.69) is 16.0 Å². The molecule has 2 aliphatic heterocycles.